The molecule has 1 amide bonds. The van der Waals surface area contributed by atoms with Gasteiger partial charge in [0.25, 0.3) is 5.91 Å². The van der Waals surface area contributed by atoms with Crippen molar-refractivity contribution in [3.05, 3.63) is 48.0 Å². The lowest BCUT2D eigenvalue weighted by Crippen LogP contribution is -2.23. The molecule has 2 aromatic rings. The van der Waals surface area contributed by atoms with E-state index in [0.29, 0.717) is 30.7 Å². The molecule has 5 nitrogen and oxygen atoms in total. The first-order valence-corrected chi connectivity index (χ1v) is 7.42. The SMILES string of the molecule is O=C(O)CCCCCNC(=O)c1ccc(-c2ccc(F)cc2)o1. The fourth-order valence-electron chi connectivity index (χ4n) is 2.10. The second kappa shape index (κ2) is 8.12. The summed E-state index contributed by atoms with van der Waals surface area (Å²) in [5, 5.41) is 11.2. The van der Waals surface area contributed by atoms with E-state index in [1.165, 1.54) is 12.1 Å². The second-order valence-corrected chi connectivity index (χ2v) is 5.13. The van der Waals surface area contributed by atoms with Crippen LogP contribution < -0.4 is 5.32 Å². The average Bonchev–Trinajstić information content (AvgIpc) is 3.01. The minimum Gasteiger partial charge on any atom is -0.481 e. The number of carboxylic acids is 1. The number of amides is 1. The number of benzene rings is 1. The minimum atomic E-state index is -0.807. The summed E-state index contributed by atoms with van der Waals surface area (Å²) in [4.78, 5) is 22.3. The van der Waals surface area contributed by atoms with Crippen molar-refractivity contribution in [3.63, 3.8) is 0 Å². The largest absolute Gasteiger partial charge is 0.481 e. The van der Waals surface area contributed by atoms with Gasteiger partial charge in [-0.05, 0) is 49.2 Å². The summed E-state index contributed by atoms with van der Waals surface area (Å²) >= 11 is 0. The third-order valence-electron chi connectivity index (χ3n) is 3.31. The van der Waals surface area contributed by atoms with Crippen LogP contribution in [0.15, 0.2) is 40.8 Å². The lowest BCUT2D eigenvalue weighted by molar-refractivity contribution is -0.137. The number of rotatable bonds is 8. The summed E-state index contributed by atoms with van der Waals surface area (Å²) < 4.78 is 18.3. The number of furan rings is 1. The van der Waals surface area contributed by atoms with Crippen LogP contribution in [0.5, 0.6) is 0 Å². The van der Waals surface area contributed by atoms with Gasteiger partial charge in [0.05, 0.1) is 0 Å². The van der Waals surface area contributed by atoms with Gasteiger partial charge >= 0.3 is 5.97 Å². The monoisotopic (exact) mass is 319 g/mol. The molecule has 0 saturated heterocycles. The zero-order valence-corrected chi connectivity index (χ0v) is 12.5. The van der Waals surface area contributed by atoms with E-state index < -0.39 is 5.97 Å². The van der Waals surface area contributed by atoms with Gasteiger partial charge < -0.3 is 14.8 Å². The Morgan fingerprint density at radius 2 is 1.78 bits per heavy atom. The van der Waals surface area contributed by atoms with Gasteiger partial charge in [-0.2, -0.15) is 0 Å². The zero-order valence-electron chi connectivity index (χ0n) is 12.5. The topological polar surface area (TPSA) is 79.5 Å². The molecule has 1 aromatic heterocycles. The molecular weight excluding hydrogens is 301 g/mol. The molecule has 0 bridgehead atoms. The van der Waals surface area contributed by atoms with Gasteiger partial charge in [0.15, 0.2) is 5.76 Å². The van der Waals surface area contributed by atoms with E-state index in [9.17, 15) is 14.0 Å². The van der Waals surface area contributed by atoms with E-state index >= 15 is 0 Å². The van der Waals surface area contributed by atoms with Crippen LogP contribution in [0.2, 0.25) is 0 Å². The molecule has 1 heterocycles. The molecule has 0 aliphatic rings. The summed E-state index contributed by atoms with van der Waals surface area (Å²) in [6.45, 7) is 0.463. The number of carbonyl (C=O) groups is 2. The van der Waals surface area contributed by atoms with Crippen molar-refractivity contribution in [1.82, 2.24) is 5.32 Å². The predicted molar refractivity (Wildman–Crippen MR) is 82.5 cm³/mol. The maximum absolute atomic E-state index is 12.9. The normalized spacial score (nSPS) is 10.5. The van der Waals surface area contributed by atoms with E-state index in [1.54, 1.807) is 24.3 Å². The van der Waals surface area contributed by atoms with Crippen molar-refractivity contribution in [3.8, 4) is 11.3 Å². The van der Waals surface area contributed by atoms with Gasteiger partial charge in [-0.25, -0.2) is 4.39 Å². The first-order valence-electron chi connectivity index (χ1n) is 7.42. The lowest BCUT2D eigenvalue weighted by Gasteiger charge is -2.03. The van der Waals surface area contributed by atoms with Gasteiger partial charge in [0.2, 0.25) is 0 Å². The zero-order chi connectivity index (χ0) is 16.7. The highest BCUT2D eigenvalue weighted by Gasteiger charge is 2.11. The van der Waals surface area contributed by atoms with Crippen LogP contribution in [-0.2, 0) is 4.79 Å². The Morgan fingerprint density at radius 3 is 2.48 bits per heavy atom. The molecule has 0 radical (unpaired) electrons. The average molecular weight is 319 g/mol. The maximum Gasteiger partial charge on any atom is 0.303 e. The molecule has 23 heavy (non-hydrogen) atoms. The Hall–Kier alpha value is -2.63. The van der Waals surface area contributed by atoms with E-state index in [0.717, 1.165) is 6.42 Å². The molecule has 0 unspecified atom stereocenters. The number of unbranched alkanes of at least 4 members (excludes halogenated alkanes) is 2. The number of hydrogen-bond donors (Lipinski definition) is 2. The van der Waals surface area contributed by atoms with Gasteiger partial charge in [0.1, 0.15) is 11.6 Å². The van der Waals surface area contributed by atoms with Crippen molar-refractivity contribution in [2.45, 2.75) is 25.7 Å². The molecular formula is C17H18FNO4. The Bertz CT molecular complexity index is 663. The first kappa shape index (κ1) is 16.7. The Kier molecular flexibility index (Phi) is 5.91. The van der Waals surface area contributed by atoms with E-state index in [2.05, 4.69) is 5.32 Å². The van der Waals surface area contributed by atoms with Gasteiger partial charge in [-0.3, -0.25) is 9.59 Å². The molecule has 1 aromatic carbocycles. The van der Waals surface area contributed by atoms with Crippen molar-refractivity contribution in [2.24, 2.45) is 0 Å². The lowest BCUT2D eigenvalue weighted by atomic mass is 10.2. The van der Waals surface area contributed by atoms with Gasteiger partial charge in [-0.1, -0.05) is 6.42 Å². The molecule has 6 heteroatoms. The van der Waals surface area contributed by atoms with Gasteiger partial charge in [0, 0.05) is 18.5 Å². The molecule has 0 fully saturated rings. The first-order chi connectivity index (χ1) is 11.1. The number of hydrogen-bond acceptors (Lipinski definition) is 3. The molecule has 0 aliphatic heterocycles. The van der Waals surface area contributed by atoms with E-state index in [1.807, 2.05) is 0 Å². The minimum absolute atomic E-state index is 0.146. The van der Waals surface area contributed by atoms with E-state index in [4.69, 9.17) is 9.52 Å². The fraction of sp³-hybridized carbons (Fsp3) is 0.294. The maximum atomic E-state index is 12.9. The Labute approximate surface area is 133 Å². The van der Waals surface area contributed by atoms with Crippen LogP contribution >= 0.6 is 0 Å². The van der Waals surface area contributed by atoms with Crippen molar-refractivity contribution in [2.75, 3.05) is 6.54 Å². The number of nitrogens with one attached hydrogen (secondary N) is 1. The molecule has 0 atom stereocenters. The third kappa shape index (κ3) is 5.25. The van der Waals surface area contributed by atoms with Gasteiger partial charge in [-0.15, -0.1) is 0 Å². The quantitative estimate of drug-likeness (QED) is 0.730. The van der Waals surface area contributed by atoms with Crippen molar-refractivity contribution < 1.29 is 23.5 Å². The van der Waals surface area contributed by atoms with E-state index in [-0.39, 0.29) is 23.9 Å². The van der Waals surface area contributed by atoms with Crippen LogP contribution in [0.4, 0.5) is 4.39 Å². The second-order valence-electron chi connectivity index (χ2n) is 5.13. The number of halogens is 1. The van der Waals surface area contributed by atoms with Crippen LogP contribution in [0, 0.1) is 5.82 Å². The molecule has 2 N–H and O–H groups in total. The predicted octanol–water partition coefficient (Wildman–Crippen LogP) is 3.46. The van der Waals surface area contributed by atoms with Crippen LogP contribution in [-0.4, -0.2) is 23.5 Å². The Balaban J connectivity index is 1.79. The highest BCUT2D eigenvalue weighted by atomic mass is 19.1. The highest BCUT2D eigenvalue weighted by Crippen LogP contribution is 2.22. The van der Waals surface area contributed by atoms with Crippen LogP contribution in [0.1, 0.15) is 36.2 Å². The molecule has 2 rings (SSSR count). The fourth-order valence-corrected chi connectivity index (χ4v) is 2.10. The summed E-state index contributed by atoms with van der Waals surface area (Å²) in [6.07, 6.45) is 2.20. The number of aliphatic carboxylic acids is 1. The molecule has 122 valence electrons. The third-order valence-corrected chi connectivity index (χ3v) is 3.31. The standard InChI is InChI=1S/C17H18FNO4/c18-13-7-5-12(6-8-13)14-9-10-15(23-14)17(22)19-11-3-1-2-4-16(20)21/h5-10H,1-4,11H2,(H,19,22)(H,20,21). The van der Waals surface area contributed by atoms with Crippen molar-refractivity contribution >= 4 is 11.9 Å². The van der Waals surface area contributed by atoms with Crippen LogP contribution in [0.25, 0.3) is 11.3 Å². The smallest absolute Gasteiger partial charge is 0.303 e. The number of carbonyl (C=O) groups excluding carboxylic acids is 1. The van der Waals surface area contributed by atoms with Crippen molar-refractivity contribution in [1.29, 1.82) is 0 Å². The molecule has 0 saturated carbocycles. The summed E-state index contributed by atoms with van der Waals surface area (Å²) in [6, 6.07) is 9.05. The molecule has 0 spiro atoms. The van der Waals surface area contributed by atoms with Crippen LogP contribution in [0.3, 0.4) is 0 Å². The molecule has 0 aliphatic carbocycles. The summed E-state index contributed by atoms with van der Waals surface area (Å²) in [7, 11) is 0. The Morgan fingerprint density at radius 1 is 1.04 bits per heavy atom. The highest BCUT2D eigenvalue weighted by molar-refractivity contribution is 5.92. The number of carboxylic acid groups (broad SMARTS) is 1. The summed E-state index contributed by atoms with van der Waals surface area (Å²) in [5.41, 5.74) is 0.694. The summed E-state index contributed by atoms with van der Waals surface area (Å²) in [5.74, 6) is -0.776.